The summed E-state index contributed by atoms with van der Waals surface area (Å²) >= 11 is 6.24. The molecule has 1 aromatic carbocycles. The number of imidazole rings is 1. The quantitative estimate of drug-likeness (QED) is 0.881. The third-order valence-corrected chi connectivity index (χ3v) is 3.34. The first-order valence-electron chi connectivity index (χ1n) is 6.49. The van der Waals surface area contributed by atoms with Gasteiger partial charge in [0.1, 0.15) is 5.82 Å². The molecule has 0 spiro atoms. The lowest BCUT2D eigenvalue weighted by atomic mass is 10.2. The van der Waals surface area contributed by atoms with Crippen molar-refractivity contribution < 1.29 is 9.90 Å². The molecule has 1 heterocycles. The van der Waals surface area contributed by atoms with E-state index in [1.807, 2.05) is 18.2 Å². The molecule has 0 saturated carbocycles. The highest BCUT2D eigenvalue weighted by Gasteiger charge is 2.12. The van der Waals surface area contributed by atoms with E-state index in [-0.39, 0.29) is 6.42 Å². The molecular formula is C14H17ClN2O2. The largest absolute Gasteiger partial charge is 0.481 e. The van der Waals surface area contributed by atoms with Crippen molar-refractivity contribution in [3.05, 3.63) is 29.0 Å². The van der Waals surface area contributed by atoms with E-state index in [1.54, 1.807) is 0 Å². The van der Waals surface area contributed by atoms with Crippen molar-refractivity contribution in [1.82, 2.24) is 9.55 Å². The molecule has 1 aromatic heterocycles. The number of carboxylic acid groups (broad SMARTS) is 1. The van der Waals surface area contributed by atoms with E-state index in [9.17, 15) is 4.79 Å². The van der Waals surface area contributed by atoms with Crippen molar-refractivity contribution in [1.29, 1.82) is 0 Å². The van der Waals surface area contributed by atoms with Crippen LogP contribution in [0.5, 0.6) is 0 Å². The smallest absolute Gasteiger partial charge is 0.303 e. The van der Waals surface area contributed by atoms with Gasteiger partial charge in [0.05, 0.1) is 16.1 Å². The van der Waals surface area contributed by atoms with Gasteiger partial charge in [0, 0.05) is 19.4 Å². The summed E-state index contributed by atoms with van der Waals surface area (Å²) in [4.78, 5) is 15.2. The van der Waals surface area contributed by atoms with Crippen LogP contribution in [0.2, 0.25) is 5.02 Å². The van der Waals surface area contributed by atoms with Crippen molar-refractivity contribution in [2.45, 2.75) is 39.2 Å². The molecule has 0 unspecified atom stereocenters. The average molecular weight is 281 g/mol. The predicted octanol–water partition coefficient (Wildman–Crippen LogP) is 3.51. The number of carboxylic acids is 1. The lowest BCUT2D eigenvalue weighted by molar-refractivity contribution is -0.137. The van der Waals surface area contributed by atoms with Gasteiger partial charge in [-0.25, -0.2) is 4.98 Å². The summed E-state index contributed by atoms with van der Waals surface area (Å²) in [5, 5.41) is 9.40. The Bertz CT molecular complexity index is 592. The summed E-state index contributed by atoms with van der Waals surface area (Å²) in [5.74, 6) is 0.155. The molecule has 0 saturated heterocycles. The van der Waals surface area contributed by atoms with Gasteiger partial charge in [0.25, 0.3) is 0 Å². The van der Waals surface area contributed by atoms with E-state index in [1.165, 1.54) is 0 Å². The molecule has 0 amide bonds. The second-order valence-electron chi connectivity index (χ2n) is 4.53. The van der Waals surface area contributed by atoms with E-state index >= 15 is 0 Å². The lowest BCUT2D eigenvalue weighted by Crippen LogP contribution is -2.05. The van der Waals surface area contributed by atoms with E-state index in [0.29, 0.717) is 17.9 Å². The topological polar surface area (TPSA) is 55.1 Å². The molecule has 19 heavy (non-hydrogen) atoms. The van der Waals surface area contributed by atoms with Crippen LogP contribution in [0.25, 0.3) is 11.0 Å². The zero-order valence-corrected chi connectivity index (χ0v) is 11.7. The maximum Gasteiger partial charge on any atom is 0.303 e. The molecule has 0 radical (unpaired) electrons. The molecule has 5 heteroatoms. The Hall–Kier alpha value is -1.55. The van der Waals surface area contributed by atoms with Crippen LogP contribution in [-0.4, -0.2) is 20.6 Å². The molecule has 2 rings (SSSR count). The maximum atomic E-state index is 10.6. The van der Waals surface area contributed by atoms with Gasteiger partial charge >= 0.3 is 5.97 Å². The fourth-order valence-electron chi connectivity index (χ4n) is 2.24. The molecule has 1 N–H and O–H groups in total. The van der Waals surface area contributed by atoms with Gasteiger partial charge in [-0.05, 0) is 25.0 Å². The Morgan fingerprint density at radius 1 is 1.47 bits per heavy atom. The SMILES string of the molecule is CCCn1c(CCCC(=O)O)nc2cccc(Cl)c21. The van der Waals surface area contributed by atoms with Gasteiger partial charge in [0.15, 0.2) is 0 Å². The number of rotatable bonds is 6. The molecule has 102 valence electrons. The van der Waals surface area contributed by atoms with Crippen LogP contribution < -0.4 is 0 Å². The summed E-state index contributed by atoms with van der Waals surface area (Å²) in [7, 11) is 0. The molecule has 0 fully saturated rings. The number of halogens is 1. The lowest BCUT2D eigenvalue weighted by Gasteiger charge is -2.08. The number of carbonyl (C=O) groups is 1. The summed E-state index contributed by atoms with van der Waals surface area (Å²) < 4.78 is 2.11. The van der Waals surface area contributed by atoms with Crippen LogP contribution in [0, 0.1) is 0 Å². The van der Waals surface area contributed by atoms with Crippen LogP contribution >= 0.6 is 11.6 Å². The Kier molecular flexibility index (Phi) is 4.43. The Labute approximate surface area is 117 Å². The molecule has 0 bridgehead atoms. The summed E-state index contributed by atoms with van der Waals surface area (Å²) in [6.45, 7) is 2.95. The number of aryl methyl sites for hydroxylation is 2. The number of hydrogen-bond acceptors (Lipinski definition) is 2. The number of nitrogens with zero attached hydrogens (tertiary/aromatic N) is 2. The molecule has 0 aliphatic heterocycles. The van der Waals surface area contributed by atoms with Crippen molar-refractivity contribution in [2.24, 2.45) is 0 Å². The first-order chi connectivity index (χ1) is 9.13. The van der Waals surface area contributed by atoms with Crippen molar-refractivity contribution >= 4 is 28.6 Å². The minimum absolute atomic E-state index is 0.170. The van der Waals surface area contributed by atoms with Crippen LogP contribution in [0.1, 0.15) is 32.0 Å². The van der Waals surface area contributed by atoms with Crippen LogP contribution in [-0.2, 0) is 17.8 Å². The normalized spacial score (nSPS) is 11.1. The molecule has 2 aromatic rings. The van der Waals surface area contributed by atoms with Crippen molar-refractivity contribution in [3.8, 4) is 0 Å². The minimum Gasteiger partial charge on any atom is -0.481 e. The van der Waals surface area contributed by atoms with E-state index < -0.39 is 5.97 Å². The number of aliphatic carboxylic acids is 1. The standard InChI is InChI=1S/C14H17ClN2O2/c1-2-9-17-12(7-4-8-13(18)19)16-11-6-3-5-10(15)14(11)17/h3,5-6H,2,4,7-9H2,1H3,(H,18,19). The first kappa shape index (κ1) is 13.9. The second kappa shape index (κ2) is 6.06. The monoisotopic (exact) mass is 280 g/mol. The van der Waals surface area contributed by atoms with Gasteiger partial charge in [-0.15, -0.1) is 0 Å². The van der Waals surface area contributed by atoms with E-state index in [0.717, 1.165) is 29.8 Å². The first-order valence-corrected chi connectivity index (χ1v) is 6.86. The van der Waals surface area contributed by atoms with Crippen LogP contribution in [0.3, 0.4) is 0 Å². The predicted molar refractivity (Wildman–Crippen MR) is 75.6 cm³/mol. The third kappa shape index (κ3) is 3.07. The number of aromatic nitrogens is 2. The number of para-hydroxylation sites is 1. The summed E-state index contributed by atoms with van der Waals surface area (Å²) in [6.07, 6.45) is 2.42. The molecule has 0 aliphatic rings. The molecule has 4 nitrogen and oxygen atoms in total. The van der Waals surface area contributed by atoms with Gasteiger partial charge in [-0.3, -0.25) is 4.79 Å². The second-order valence-corrected chi connectivity index (χ2v) is 4.94. The van der Waals surface area contributed by atoms with E-state index in [2.05, 4.69) is 16.5 Å². The van der Waals surface area contributed by atoms with Gasteiger partial charge in [0.2, 0.25) is 0 Å². The van der Waals surface area contributed by atoms with Crippen molar-refractivity contribution in [3.63, 3.8) is 0 Å². The van der Waals surface area contributed by atoms with Crippen LogP contribution in [0.4, 0.5) is 0 Å². The Morgan fingerprint density at radius 3 is 2.95 bits per heavy atom. The highest BCUT2D eigenvalue weighted by atomic mass is 35.5. The van der Waals surface area contributed by atoms with E-state index in [4.69, 9.17) is 16.7 Å². The zero-order valence-electron chi connectivity index (χ0n) is 10.9. The fourth-order valence-corrected chi connectivity index (χ4v) is 2.51. The zero-order chi connectivity index (χ0) is 13.8. The Balaban J connectivity index is 2.34. The number of fused-ring (bicyclic) bond motifs is 1. The third-order valence-electron chi connectivity index (χ3n) is 3.03. The highest BCUT2D eigenvalue weighted by molar-refractivity contribution is 6.35. The summed E-state index contributed by atoms with van der Waals surface area (Å²) in [6, 6.07) is 5.68. The minimum atomic E-state index is -0.767. The number of benzene rings is 1. The van der Waals surface area contributed by atoms with Gasteiger partial charge < -0.3 is 9.67 Å². The number of hydrogen-bond donors (Lipinski definition) is 1. The fraction of sp³-hybridized carbons (Fsp3) is 0.429. The molecule has 0 atom stereocenters. The van der Waals surface area contributed by atoms with Gasteiger partial charge in [-0.1, -0.05) is 24.6 Å². The highest BCUT2D eigenvalue weighted by Crippen LogP contribution is 2.25. The van der Waals surface area contributed by atoms with Crippen molar-refractivity contribution in [2.75, 3.05) is 0 Å². The molecule has 0 aliphatic carbocycles. The van der Waals surface area contributed by atoms with Gasteiger partial charge in [-0.2, -0.15) is 0 Å². The Morgan fingerprint density at radius 2 is 2.26 bits per heavy atom. The average Bonchev–Trinajstić information content (AvgIpc) is 2.69. The summed E-state index contributed by atoms with van der Waals surface area (Å²) in [5.41, 5.74) is 1.84. The maximum absolute atomic E-state index is 10.6. The van der Waals surface area contributed by atoms with Crippen LogP contribution in [0.15, 0.2) is 18.2 Å². The molecular weight excluding hydrogens is 264 g/mol.